The Balaban J connectivity index is 1.44. The van der Waals surface area contributed by atoms with Crippen molar-refractivity contribution in [2.45, 2.75) is 20.8 Å². The summed E-state index contributed by atoms with van der Waals surface area (Å²) in [5.74, 6) is 2.56. The summed E-state index contributed by atoms with van der Waals surface area (Å²) < 4.78 is 12.8. The van der Waals surface area contributed by atoms with Crippen molar-refractivity contribution >= 4 is 17.7 Å². The van der Waals surface area contributed by atoms with Crippen LogP contribution in [0.2, 0.25) is 0 Å². The van der Waals surface area contributed by atoms with Crippen molar-refractivity contribution in [3.63, 3.8) is 0 Å². The van der Waals surface area contributed by atoms with E-state index in [9.17, 15) is 4.79 Å². The van der Waals surface area contributed by atoms with Gasteiger partial charge < -0.3 is 14.5 Å². The Morgan fingerprint density at radius 1 is 1.10 bits per heavy atom. The van der Waals surface area contributed by atoms with E-state index >= 15 is 0 Å². The zero-order valence-electron chi connectivity index (χ0n) is 17.4. The number of hydrogen-bond acceptors (Lipinski definition) is 6. The lowest BCUT2D eigenvalue weighted by Gasteiger charge is -2.09. The van der Waals surface area contributed by atoms with Gasteiger partial charge in [-0.05, 0) is 69.3 Å². The number of benzene rings is 1. The first kappa shape index (κ1) is 20.1. The number of rotatable bonds is 6. The van der Waals surface area contributed by atoms with Crippen LogP contribution >= 0.6 is 0 Å². The van der Waals surface area contributed by atoms with Crippen LogP contribution in [0.5, 0.6) is 11.6 Å². The molecule has 31 heavy (non-hydrogen) atoms. The van der Waals surface area contributed by atoms with Gasteiger partial charge in [-0.3, -0.25) is 4.79 Å². The molecule has 0 radical (unpaired) electrons. The Bertz CT molecular complexity index is 1220. The molecule has 0 aliphatic rings. The fourth-order valence-electron chi connectivity index (χ4n) is 3.00. The van der Waals surface area contributed by atoms with Gasteiger partial charge in [0.25, 0.3) is 0 Å². The lowest BCUT2D eigenvalue weighted by Crippen LogP contribution is -2.07. The van der Waals surface area contributed by atoms with Crippen LogP contribution in [0, 0.1) is 20.8 Å². The molecule has 0 saturated carbocycles. The molecule has 156 valence electrons. The second-order valence-electron chi connectivity index (χ2n) is 6.91. The number of nitrogens with one attached hydrogen (secondary N) is 1. The number of carbonyl (C=O) groups excluding carboxylic acids is 1. The van der Waals surface area contributed by atoms with Crippen molar-refractivity contribution in [1.82, 2.24) is 19.7 Å². The second kappa shape index (κ2) is 8.66. The number of ether oxygens (including phenoxy) is 1. The molecule has 4 rings (SSSR count). The molecular weight excluding hydrogens is 394 g/mol. The molecule has 3 heterocycles. The van der Waals surface area contributed by atoms with Gasteiger partial charge in [0.2, 0.25) is 11.8 Å². The van der Waals surface area contributed by atoms with Crippen molar-refractivity contribution in [3.05, 3.63) is 83.8 Å². The summed E-state index contributed by atoms with van der Waals surface area (Å²) in [5, 5.41) is 7.24. The summed E-state index contributed by atoms with van der Waals surface area (Å²) in [4.78, 5) is 20.8. The molecule has 1 aromatic carbocycles. The molecule has 0 aliphatic carbocycles. The van der Waals surface area contributed by atoms with E-state index in [1.807, 2.05) is 19.9 Å². The molecule has 0 atom stereocenters. The number of anilines is 1. The van der Waals surface area contributed by atoms with Crippen molar-refractivity contribution in [2.75, 3.05) is 5.32 Å². The molecule has 1 amide bonds. The van der Waals surface area contributed by atoms with Crippen molar-refractivity contribution < 1.29 is 13.9 Å². The van der Waals surface area contributed by atoms with Crippen LogP contribution in [0.3, 0.4) is 0 Å². The zero-order chi connectivity index (χ0) is 21.8. The van der Waals surface area contributed by atoms with E-state index in [0.717, 1.165) is 11.4 Å². The predicted molar refractivity (Wildman–Crippen MR) is 116 cm³/mol. The summed E-state index contributed by atoms with van der Waals surface area (Å²) in [6.45, 7) is 5.70. The molecule has 0 aliphatic heterocycles. The second-order valence-corrected chi connectivity index (χ2v) is 6.91. The number of amides is 1. The van der Waals surface area contributed by atoms with Crippen LogP contribution in [0.25, 0.3) is 11.9 Å². The van der Waals surface area contributed by atoms with Crippen molar-refractivity contribution in [2.24, 2.45) is 0 Å². The molecule has 1 N–H and O–H groups in total. The lowest BCUT2D eigenvalue weighted by atomic mass is 10.3. The largest absolute Gasteiger partial charge is 0.465 e. The third-order valence-corrected chi connectivity index (χ3v) is 4.31. The van der Waals surface area contributed by atoms with E-state index in [4.69, 9.17) is 9.15 Å². The highest BCUT2D eigenvalue weighted by Crippen LogP contribution is 2.23. The smallest absolute Gasteiger partial charge is 0.248 e. The Morgan fingerprint density at radius 2 is 1.90 bits per heavy atom. The van der Waals surface area contributed by atoms with E-state index in [2.05, 4.69) is 20.4 Å². The minimum Gasteiger partial charge on any atom is -0.465 e. The van der Waals surface area contributed by atoms with Gasteiger partial charge in [-0.15, -0.1) is 0 Å². The number of nitrogens with zero attached hydrogens (tertiary/aromatic N) is 4. The van der Waals surface area contributed by atoms with Crippen LogP contribution in [-0.2, 0) is 4.79 Å². The SMILES string of the molecule is Cc1cc(C)n(-c2cc(Oc3ccc(NC(=O)/C=C/c4ccco4)cc3)nc(C)n2)n1. The van der Waals surface area contributed by atoms with Crippen molar-refractivity contribution in [1.29, 1.82) is 0 Å². The monoisotopic (exact) mass is 415 g/mol. The number of aromatic nitrogens is 4. The normalized spacial score (nSPS) is 11.1. The maximum atomic E-state index is 12.0. The topological polar surface area (TPSA) is 95.1 Å². The molecule has 4 aromatic rings. The van der Waals surface area contributed by atoms with Gasteiger partial charge in [0.1, 0.15) is 17.3 Å². The first-order chi connectivity index (χ1) is 15.0. The third kappa shape index (κ3) is 5.05. The molecule has 0 bridgehead atoms. The molecule has 8 heteroatoms. The van der Waals surface area contributed by atoms with E-state index < -0.39 is 0 Å². The highest BCUT2D eigenvalue weighted by atomic mass is 16.5. The fourth-order valence-corrected chi connectivity index (χ4v) is 3.00. The minimum atomic E-state index is -0.258. The Labute approximate surface area is 179 Å². The molecule has 0 fully saturated rings. The maximum absolute atomic E-state index is 12.0. The standard InChI is InChI=1S/C23H21N5O3/c1-15-13-16(2)28(27-15)21-14-23(25-17(3)24-21)31-20-8-6-18(7-9-20)26-22(29)11-10-19-5-4-12-30-19/h4-14H,1-3H3,(H,26,29)/b11-10+. The highest BCUT2D eigenvalue weighted by Gasteiger charge is 2.10. The molecule has 0 spiro atoms. The molecule has 3 aromatic heterocycles. The van der Waals surface area contributed by atoms with Gasteiger partial charge in [0.05, 0.1) is 12.0 Å². The van der Waals surface area contributed by atoms with Gasteiger partial charge in [-0.25, -0.2) is 9.67 Å². The first-order valence-electron chi connectivity index (χ1n) is 9.66. The maximum Gasteiger partial charge on any atom is 0.248 e. The van der Waals surface area contributed by atoms with Crippen LogP contribution in [0.1, 0.15) is 23.0 Å². The number of hydrogen-bond donors (Lipinski definition) is 1. The molecule has 8 nitrogen and oxygen atoms in total. The van der Waals surface area contributed by atoms with Gasteiger partial charge in [0, 0.05) is 23.5 Å². The Kier molecular flexibility index (Phi) is 5.61. The van der Waals surface area contributed by atoms with E-state index in [1.165, 1.54) is 6.08 Å². The van der Waals surface area contributed by atoms with Gasteiger partial charge in [-0.2, -0.15) is 10.1 Å². The Morgan fingerprint density at radius 3 is 2.58 bits per heavy atom. The highest BCUT2D eigenvalue weighted by molar-refractivity contribution is 6.01. The van der Waals surface area contributed by atoms with Crippen LogP contribution < -0.4 is 10.1 Å². The Hall–Kier alpha value is -4.20. The number of carbonyl (C=O) groups is 1. The molecule has 0 unspecified atom stereocenters. The summed E-state index contributed by atoms with van der Waals surface area (Å²) >= 11 is 0. The zero-order valence-corrected chi connectivity index (χ0v) is 17.4. The quantitative estimate of drug-likeness (QED) is 0.462. The summed E-state index contributed by atoms with van der Waals surface area (Å²) in [6.07, 6.45) is 4.56. The van der Waals surface area contributed by atoms with Gasteiger partial charge >= 0.3 is 0 Å². The summed E-state index contributed by atoms with van der Waals surface area (Å²) in [6, 6.07) is 14.3. The number of furan rings is 1. The predicted octanol–water partition coefficient (Wildman–Crippen LogP) is 4.62. The summed E-state index contributed by atoms with van der Waals surface area (Å²) in [5.41, 5.74) is 2.53. The fraction of sp³-hybridized carbons (Fsp3) is 0.130. The van der Waals surface area contributed by atoms with Crippen LogP contribution in [-0.4, -0.2) is 25.7 Å². The lowest BCUT2D eigenvalue weighted by molar-refractivity contribution is -0.111. The summed E-state index contributed by atoms with van der Waals surface area (Å²) in [7, 11) is 0. The van der Waals surface area contributed by atoms with E-state index in [1.54, 1.807) is 66.4 Å². The minimum absolute atomic E-state index is 0.258. The van der Waals surface area contributed by atoms with Gasteiger partial charge in [-0.1, -0.05) is 0 Å². The molecule has 0 saturated heterocycles. The molecular formula is C23H21N5O3. The van der Waals surface area contributed by atoms with E-state index in [-0.39, 0.29) is 5.91 Å². The van der Waals surface area contributed by atoms with Crippen LogP contribution in [0.15, 0.2) is 65.3 Å². The van der Waals surface area contributed by atoms with Crippen molar-refractivity contribution in [3.8, 4) is 17.4 Å². The van der Waals surface area contributed by atoms with Crippen LogP contribution in [0.4, 0.5) is 5.69 Å². The van der Waals surface area contributed by atoms with Gasteiger partial charge in [0.15, 0.2) is 5.82 Å². The first-order valence-corrected chi connectivity index (χ1v) is 9.66. The average Bonchev–Trinajstić information content (AvgIpc) is 3.36. The third-order valence-electron chi connectivity index (χ3n) is 4.31. The van der Waals surface area contributed by atoms with E-state index in [0.29, 0.717) is 34.7 Å². The number of aryl methyl sites for hydroxylation is 3. The average molecular weight is 415 g/mol.